The molecule has 9 nitrogen and oxygen atoms in total. The summed E-state index contributed by atoms with van der Waals surface area (Å²) in [7, 11) is -0.344. The van der Waals surface area contributed by atoms with E-state index in [9.17, 15) is 8.77 Å². The van der Waals surface area contributed by atoms with E-state index >= 15 is 0 Å². The Morgan fingerprint density at radius 2 is 1.50 bits per heavy atom. The molecule has 0 radical (unpaired) electrons. The van der Waals surface area contributed by atoms with Crippen LogP contribution < -0.4 is 23.5 Å². The summed E-state index contributed by atoms with van der Waals surface area (Å²) in [6, 6.07) is 7.85. The largest absolute Gasteiger partial charge is 0.524 e. The Hall–Kier alpha value is -2.52. The monoisotopic (exact) mass is 458 g/mol. The van der Waals surface area contributed by atoms with Crippen LogP contribution in [0.3, 0.4) is 0 Å². The fraction of sp³-hybridized carbons (Fsp3) is 0.263. The minimum absolute atomic E-state index is 0.0821. The molecule has 0 bridgehead atoms. The van der Waals surface area contributed by atoms with Gasteiger partial charge in [0.25, 0.3) is 0 Å². The average molecular weight is 458 g/mol. The highest BCUT2D eigenvalue weighted by atomic mass is 32.2. The smallest absolute Gasteiger partial charge is 0.496 e. The molecule has 0 spiro atoms. The summed E-state index contributed by atoms with van der Waals surface area (Å²) in [5.74, 6) is 1.62. The summed E-state index contributed by atoms with van der Waals surface area (Å²) in [5.41, 5.74) is 1.13. The molecule has 0 amide bonds. The molecule has 2 N–H and O–H groups in total. The number of rotatable bonds is 10. The predicted octanol–water partition coefficient (Wildman–Crippen LogP) is 3.11. The second-order valence-electron chi connectivity index (χ2n) is 5.84. The zero-order chi connectivity index (χ0) is 22.3. The minimum atomic E-state index is -4.77. The van der Waals surface area contributed by atoms with Gasteiger partial charge < -0.3 is 23.5 Å². The molecule has 30 heavy (non-hydrogen) atoms. The normalized spacial score (nSPS) is 12.5. The Kier molecular flexibility index (Phi) is 8.31. The van der Waals surface area contributed by atoms with Crippen LogP contribution in [0, 0.1) is 0 Å². The van der Waals surface area contributed by atoms with Crippen LogP contribution in [0.25, 0.3) is 6.08 Å². The maximum Gasteiger partial charge on any atom is 0.524 e. The van der Waals surface area contributed by atoms with E-state index in [4.69, 9.17) is 28.7 Å². The van der Waals surface area contributed by atoms with Gasteiger partial charge in [0.15, 0.2) is 11.5 Å². The molecule has 1 unspecified atom stereocenters. The summed E-state index contributed by atoms with van der Waals surface area (Å²) in [6.07, 6.45) is 1.61. The van der Waals surface area contributed by atoms with Crippen molar-refractivity contribution in [2.45, 2.75) is 5.75 Å². The van der Waals surface area contributed by atoms with E-state index < -0.39 is 18.6 Å². The van der Waals surface area contributed by atoms with Gasteiger partial charge in [-0.05, 0) is 23.8 Å². The summed E-state index contributed by atoms with van der Waals surface area (Å²) in [5, 5.41) is 1.47. The highest BCUT2D eigenvalue weighted by molar-refractivity contribution is 7.87. The van der Waals surface area contributed by atoms with Crippen molar-refractivity contribution in [3.63, 3.8) is 0 Å². The topological polar surface area (TPSA) is 121 Å². The molecule has 0 aliphatic heterocycles. The van der Waals surface area contributed by atoms with Crippen LogP contribution in [0.5, 0.6) is 28.7 Å². The molecular weight excluding hydrogens is 435 g/mol. The summed E-state index contributed by atoms with van der Waals surface area (Å²) < 4.78 is 49.3. The molecule has 0 aromatic heterocycles. The maximum atomic E-state index is 12.6. The molecule has 0 fully saturated rings. The second-order valence-corrected chi connectivity index (χ2v) is 8.33. The van der Waals surface area contributed by atoms with Gasteiger partial charge in [-0.3, -0.25) is 14.0 Å². The Labute approximate surface area is 176 Å². The molecular formula is C19H23O9PS. The van der Waals surface area contributed by atoms with Crippen LogP contribution in [0.2, 0.25) is 0 Å². The van der Waals surface area contributed by atoms with Crippen molar-refractivity contribution in [3.8, 4) is 28.7 Å². The highest BCUT2D eigenvalue weighted by Gasteiger charge is 2.19. The van der Waals surface area contributed by atoms with Crippen molar-refractivity contribution < 1.29 is 42.0 Å². The zero-order valence-corrected chi connectivity index (χ0v) is 18.6. The molecule has 164 valence electrons. The van der Waals surface area contributed by atoms with Crippen LogP contribution in [0.15, 0.2) is 35.7 Å². The van der Waals surface area contributed by atoms with Gasteiger partial charge in [0.1, 0.15) is 17.2 Å². The van der Waals surface area contributed by atoms with Gasteiger partial charge in [-0.2, -0.15) is 0 Å². The Morgan fingerprint density at radius 3 is 2.00 bits per heavy atom. The number of hydrogen-bond donors (Lipinski definition) is 2. The van der Waals surface area contributed by atoms with Crippen LogP contribution in [-0.4, -0.2) is 42.4 Å². The number of ether oxygens (including phenoxy) is 4. The number of hydrogen-bond acceptors (Lipinski definition) is 7. The fourth-order valence-corrected chi connectivity index (χ4v) is 3.85. The van der Waals surface area contributed by atoms with Crippen molar-refractivity contribution in [2.24, 2.45) is 0 Å². The van der Waals surface area contributed by atoms with E-state index in [1.54, 1.807) is 24.3 Å². The third kappa shape index (κ3) is 6.50. The van der Waals surface area contributed by atoms with E-state index in [0.717, 1.165) is 0 Å². The first-order valence-electron chi connectivity index (χ1n) is 8.48. The van der Waals surface area contributed by atoms with Crippen molar-refractivity contribution in [3.05, 3.63) is 46.9 Å². The van der Waals surface area contributed by atoms with Gasteiger partial charge in [-0.15, -0.1) is 0 Å². The first kappa shape index (κ1) is 23.8. The molecule has 0 aliphatic carbocycles. The van der Waals surface area contributed by atoms with Gasteiger partial charge in [-0.1, -0.05) is 6.07 Å². The van der Waals surface area contributed by atoms with Gasteiger partial charge in [0, 0.05) is 17.5 Å². The van der Waals surface area contributed by atoms with Crippen molar-refractivity contribution in [1.29, 1.82) is 0 Å². The quantitative estimate of drug-likeness (QED) is 0.517. The number of methoxy groups -OCH3 is 4. The van der Waals surface area contributed by atoms with Gasteiger partial charge >= 0.3 is 7.82 Å². The SMILES string of the molecule is COc1cc(OC)c(/C=C/S(=O)Cc2ccc(OC)c(OP(=O)(O)O)c2)c(OC)c1. The molecule has 0 saturated carbocycles. The third-order valence-electron chi connectivity index (χ3n) is 3.89. The molecule has 2 aromatic rings. The molecule has 0 saturated heterocycles. The number of phosphoric acid groups is 1. The standard InChI is InChI=1S/C19H23O9PS/c1-24-14-10-17(26-3)15(18(11-14)27-4)7-8-30(23)12-13-5-6-16(25-2)19(9-13)28-29(20,21)22/h5-11H,12H2,1-4H3,(H2,20,21,22)/b8-7+. The van der Waals surface area contributed by atoms with E-state index in [0.29, 0.717) is 28.4 Å². The van der Waals surface area contributed by atoms with Crippen LogP contribution in [0.1, 0.15) is 11.1 Å². The van der Waals surface area contributed by atoms with E-state index in [1.807, 2.05) is 0 Å². The van der Waals surface area contributed by atoms with Crippen molar-refractivity contribution in [2.75, 3.05) is 28.4 Å². The van der Waals surface area contributed by atoms with Crippen LogP contribution in [-0.2, 0) is 21.1 Å². The average Bonchev–Trinajstić information content (AvgIpc) is 2.70. The molecule has 2 aromatic carbocycles. The van der Waals surface area contributed by atoms with E-state index in [-0.39, 0.29) is 17.3 Å². The molecule has 1 atom stereocenters. The third-order valence-corrected chi connectivity index (χ3v) is 5.39. The van der Waals surface area contributed by atoms with Gasteiger partial charge in [-0.25, -0.2) is 4.57 Å². The summed E-state index contributed by atoms with van der Waals surface area (Å²) in [4.78, 5) is 18.1. The molecule has 11 heteroatoms. The van der Waals surface area contributed by atoms with Gasteiger partial charge in [0.05, 0.1) is 50.6 Å². The van der Waals surface area contributed by atoms with Gasteiger partial charge in [0.2, 0.25) is 0 Å². The van der Waals surface area contributed by atoms with Crippen molar-refractivity contribution in [1.82, 2.24) is 0 Å². The first-order chi connectivity index (χ1) is 14.2. The first-order valence-corrected chi connectivity index (χ1v) is 11.4. The Bertz CT molecular complexity index is 959. The zero-order valence-electron chi connectivity index (χ0n) is 16.9. The fourth-order valence-electron chi connectivity index (χ4n) is 2.56. The number of phosphoric ester groups is 1. The van der Waals surface area contributed by atoms with Crippen LogP contribution >= 0.6 is 7.82 Å². The lowest BCUT2D eigenvalue weighted by atomic mass is 10.1. The maximum absolute atomic E-state index is 12.6. The lowest BCUT2D eigenvalue weighted by Crippen LogP contribution is -1.98. The van der Waals surface area contributed by atoms with Crippen molar-refractivity contribution >= 4 is 24.7 Å². The van der Waals surface area contributed by atoms with E-state index in [2.05, 4.69) is 4.52 Å². The summed E-state index contributed by atoms with van der Waals surface area (Å²) >= 11 is 0. The van der Waals surface area contributed by atoms with Crippen LogP contribution in [0.4, 0.5) is 0 Å². The lowest BCUT2D eigenvalue weighted by Gasteiger charge is -2.13. The highest BCUT2D eigenvalue weighted by Crippen LogP contribution is 2.42. The summed E-state index contributed by atoms with van der Waals surface area (Å²) in [6.45, 7) is 0. The number of benzene rings is 2. The second kappa shape index (κ2) is 10.5. The minimum Gasteiger partial charge on any atom is -0.496 e. The lowest BCUT2D eigenvalue weighted by molar-refractivity contribution is 0.276. The van der Waals surface area contributed by atoms with E-state index in [1.165, 1.54) is 46.0 Å². The molecule has 0 aliphatic rings. The Morgan fingerprint density at radius 1 is 0.900 bits per heavy atom. The molecule has 0 heterocycles. The predicted molar refractivity (Wildman–Crippen MR) is 113 cm³/mol. The molecule has 2 rings (SSSR count). The Balaban J connectivity index is 2.25.